The topological polar surface area (TPSA) is 18.5 Å². The lowest BCUT2D eigenvalue weighted by molar-refractivity contribution is -0.0285. The van der Waals surface area contributed by atoms with E-state index < -0.39 is 0 Å². The predicted octanol–water partition coefficient (Wildman–Crippen LogP) is 7.02. The zero-order chi connectivity index (χ0) is 16.8. The van der Waals surface area contributed by atoms with E-state index in [4.69, 9.17) is 9.47 Å². The van der Waals surface area contributed by atoms with Crippen molar-refractivity contribution < 1.29 is 9.47 Å². The van der Waals surface area contributed by atoms with Crippen molar-refractivity contribution in [3.8, 4) is 0 Å². The average molecular weight is 391 g/mol. The van der Waals surface area contributed by atoms with Gasteiger partial charge in [-0.3, -0.25) is 0 Å². The molecule has 23 heavy (non-hydrogen) atoms. The molecule has 0 radical (unpaired) electrons. The first-order chi connectivity index (χ1) is 11.4. The van der Waals surface area contributed by atoms with Gasteiger partial charge in [-0.25, -0.2) is 0 Å². The summed E-state index contributed by atoms with van der Waals surface area (Å²) in [6.07, 6.45) is 23.7. The van der Waals surface area contributed by atoms with Crippen LogP contribution in [0.1, 0.15) is 89.9 Å². The summed E-state index contributed by atoms with van der Waals surface area (Å²) in [5.41, 5.74) is 0. The molecule has 0 saturated carbocycles. The van der Waals surface area contributed by atoms with E-state index in [1.807, 2.05) is 0 Å². The van der Waals surface area contributed by atoms with Gasteiger partial charge in [0.25, 0.3) is 0 Å². The van der Waals surface area contributed by atoms with Gasteiger partial charge in [-0.15, -0.1) is 0 Å². The fourth-order valence-corrected chi connectivity index (χ4v) is 3.05. The van der Waals surface area contributed by atoms with Gasteiger partial charge in [0.05, 0.1) is 6.61 Å². The van der Waals surface area contributed by atoms with Crippen molar-refractivity contribution in [1.29, 1.82) is 0 Å². The molecule has 0 heterocycles. The molecule has 0 aliphatic heterocycles. The third-order valence-corrected chi connectivity index (χ3v) is 4.61. The Balaban J connectivity index is 3.01. The maximum absolute atomic E-state index is 5.23. The fraction of sp³-hybridized carbons (Fsp3) is 0.900. The first-order valence-electron chi connectivity index (χ1n) is 9.69. The molecule has 0 aliphatic carbocycles. The van der Waals surface area contributed by atoms with E-state index in [-0.39, 0.29) is 0 Å². The summed E-state index contributed by atoms with van der Waals surface area (Å²) in [6.45, 7) is 1.17. The lowest BCUT2D eigenvalue weighted by Crippen LogP contribution is -1.96. The predicted molar refractivity (Wildman–Crippen MR) is 105 cm³/mol. The second-order valence-corrected chi connectivity index (χ2v) is 7.09. The van der Waals surface area contributed by atoms with Crippen molar-refractivity contribution in [2.45, 2.75) is 89.9 Å². The largest absolute Gasteiger partial charge is 0.359 e. The summed E-state index contributed by atoms with van der Waals surface area (Å²) in [4.78, 5) is 0. The van der Waals surface area contributed by atoms with Gasteiger partial charge >= 0.3 is 0 Å². The summed E-state index contributed by atoms with van der Waals surface area (Å²) in [5.74, 6) is 0. The SMILES string of the molecule is COCOCCC=CCCCCCCCCCCCCCCBr. The zero-order valence-corrected chi connectivity index (χ0v) is 17.0. The normalized spacial score (nSPS) is 11.6. The summed E-state index contributed by atoms with van der Waals surface area (Å²) in [5, 5.41) is 1.17. The fourth-order valence-electron chi connectivity index (χ4n) is 2.65. The van der Waals surface area contributed by atoms with E-state index in [9.17, 15) is 0 Å². The van der Waals surface area contributed by atoms with Crippen LogP contribution in [0.15, 0.2) is 12.2 Å². The van der Waals surface area contributed by atoms with Crippen molar-refractivity contribution >= 4 is 15.9 Å². The molecule has 0 spiro atoms. The second-order valence-electron chi connectivity index (χ2n) is 6.30. The molecule has 0 N–H and O–H groups in total. The highest BCUT2D eigenvalue weighted by Crippen LogP contribution is 2.12. The summed E-state index contributed by atoms with van der Waals surface area (Å²) < 4.78 is 10.1. The molecule has 0 aliphatic rings. The molecule has 0 saturated heterocycles. The summed E-state index contributed by atoms with van der Waals surface area (Å²) in [7, 11) is 1.66. The average Bonchev–Trinajstić information content (AvgIpc) is 2.57. The van der Waals surface area contributed by atoms with Gasteiger partial charge in [0, 0.05) is 12.4 Å². The molecule has 0 unspecified atom stereocenters. The number of unbranched alkanes of at least 4 members (excludes halogenated alkanes) is 12. The number of methoxy groups -OCH3 is 1. The van der Waals surface area contributed by atoms with Crippen LogP contribution >= 0.6 is 15.9 Å². The van der Waals surface area contributed by atoms with E-state index in [1.54, 1.807) is 7.11 Å². The lowest BCUT2D eigenvalue weighted by atomic mass is 10.0. The summed E-state index contributed by atoms with van der Waals surface area (Å²) in [6, 6.07) is 0. The number of hydrogen-bond acceptors (Lipinski definition) is 2. The molecule has 0 aromatic heterocycles. The van der Waals surface area contributed by atoms with Crippen LogP contribution in [0.2, 0.25) is 0 Å². The molecule has 0 fully saturated rings. The standard InChI is InChI=1S/C20H39BrO2/c1-22-20-23-19-17-15-13-11-9-7-5-3-2-4-6-8-10-12-14-16-18-21/h13,15H,2-12,14,16-20H2,1H3. The van der Waals surface area contributed by atoms with Gasteiger partial charge in [-0.1, -0.05) is 92.3 Å². The smallest absolute Gasteiger partial charge is 0.146 e. The summed E-state index contributed by atoms with van der Waals surface area (Å²) >= 11 is 3.49. The molecule has 0 atom stereocenters. The molecule has 0 rings (SSSR count). The molecule has 0 aromatic rings. The van der Waals surface area contributed by atoms with Crippen LogP contribution in [0, 0.1) is 0 Å². The second kappa shape index (κ2) is 22.1. The molecule has 2 nitrogen and oxygen atoms in total. The molecule has 0 amide bonds. The Morgan fingerprint density at radius 2 is 1.13 bits per heavy atom. The Kier molecular flexibility index (Phi) is 22.3. The Morgan fingerprint density at radius 3 is 1.65 bits per heavy atom. The molecule has 0 bridgehead atoms. The van der Waals surface area contributed by atoms with Gasteiger partial charge in [-0.05, 0) is 25.7 Å². The van der Waals surface area contributed by atoms with Crippen molar-refractivity contribution in [3.63, 3.8) is 0 Å². The maximum atomic E-state index is 5.23. The first kappa shape index (κ1) is 23.1. The van der Waals surface area contributed by atoms with Crippen molar-refractivity contribution in [2.24, 2.45) is 0 Å². The van der Waals surface area contributed by atoms with E-state index >= 15 is 0 Å². The zero-order valence-electron chi connectivity index (χ0n) is 15.4. The van der Waals surface area contributed by atoms with Crippen LogP contribution in [0.25, 0.3) is 0 Å². The number of allylic oxidation sites excluding steroid dienone is 1. The number of hydrogen-bond donors (Lipinski definition) is 0. The Labute approximate surface area is 153 Å². The number of rotatable bonds is 19. The Morgan fingerprint density at radius 1 is 0.652 bits per heavy atom. The first-order valence-corrected chi connectivity index (χ1v) is 10.8. The lowest BCUT2D eigenvalue weighted by Gasteiger charge is -2.02. The highest BCUT2D eigenvalue weighted by Gasteiger charge is 1.93. The minimum Gasteiger partial charge on any atom is -0.359 e. The maximum Gasteiger partial charge on any atom is 0.146 e. The third-order valence-electron chi connectivity index (χ3n) is 4.05. The van der Waals surface area contributed by atoms with Crippen molar-refractivity contribution in [3.05, 3.63) is 12.2 Å². The van der Waals surface area contributed by atoms with Gasteiger partial charge < -0.3 is 9.47 Å². The minimum atomic E-state index is 0.408. The number of ether oxygens (including phenoxy) is 2. The Bertz CT molecular complexity index is 232. The molecule has 138 valence electrons. The van der Waals surface area contributed by atoms with E-state index in [0.29, 0.717) is 6.79 Å². The van der Waals surface area contributed by atoms with Gasteiger partial charge in [0.1, 0.15) is 6.79 Å². The van der Waals surface area contributed by atoms with Crippen LogP contribution in [0.4, 0.5) is 0 Å². The number of alkyl halides is 1. The van der Waals surface area contributed by atoms with Crippen LogP contribution in [-0.2, 0) is 9.47 Å². The van der Waals surface area contributed by atoms with E-state index in [1.165, 1.54) is 88.8 Å². The molecular weight excluding hydrogens is 352 g/mol. The van der Waals surface area contributed by atoms with Crippen molar-refractivity contribution in [1.82, 2.24) is 0 Å². The van der Waals surface area contributed by atoms with E-state index in [0.717, 1.165) is 13.0 Å². The minimum absolute atomic E-state index is 0.408. The molecule has 3 heteroatoms. The number of halogens is 1. The molecule has 0 aromatic carbocycles. The quantitative estimate of drug-likeness (QED) is 0.102. The molecular formula is C20H39BrO2. The van der Waals surface area contributed by atoms with Gasteiger partial charge in [0.15, 0.2) is 0 Å². The third kappa shape index (κ3) is 22.1. The van der Waals surface area contributed by atoms with Crippen LogP contribution in [0.5, 0.6) is 0 Å². The van der Waals surface area contributed by atoms with E-state index in [2.05, 4.69) is 28.1 Å². The van der Waals surface area contributed by atoms with Crippen molar-refractivity contribution in [2.75, 3.05) is 25.8 Å². The Hall–Kier alpha value is 0.140. The van der Waals surface area contributed by atoms with Crippen LogP contribution in [0.3, 0.4) is 0 Å². The van der Waals surface area contributed by atoms with Gasteiger partial charge in [0.2, 0.25) is 0 Å². The highest BCUT2D eigenvalue weighted by molar-refractivity contribution is 9.09. The monoisotopic (exact) mass is 390 g/mol. The van der Waals surface area contributed by atoms with Crippen LogP contribution < -0.4 is 0 Å². The van der Waals surface area contributed by atoms with Crippen LogP contribution in [-0.4, -0.2) is 25.8 Å². The van der Waals surface area contributed by atoms with Gasteiger partial charge in [-0.2, -0.15) is 0 Å². The highest BCUT2D eigenvalue weighted by atomic mass is 79.9.